The molecule has 0 aliphatic rings. The number of benzene rings is 1. The molecule has 5 N–H and O–H groups in total. The highest BCUT2D eigenvalue weighted by Crippen LogP contribution is 2.18. The number of hydrogen-bond donors (Lipinski definition) is 4. The van der Waals surface area contributed by atoms with Crippen molar-refractivity contribution in [1.29, 1.82) is 0 Å². The van der Waals surface area contributed by atoms with Crippen molar-refractivity contribution < 1.29 is 22.9 Å². The first-order chi connectivity index (χ1) is 9.18. The summed E-state index contributed by atoms with van der Waals surface area (Å²) in [7, 11) is -3.67. The second kappa shape index (κ2) is 6.51. The van der Waals surface area contributed by atoms with E-state index in [-0.39, 0.29) is 0 Å². The summed E-state index contributed by atoms with van der Waals surface area (Å²) in [5.74, 6) is -0.972. The Hall–Kier alpha value is -1.90. The fourth-order valence-corrected chi connectivity index (χ4v) is 1.62. The molecule has 1 aromatic heterocycles. The number of aromatic amines is 1. The molecule has 0 saturated heterocycles. The Morgan fingerprint density at radius 1 is 1.40 bits per heavy atom. The summed E-state index contributed by atoms with van der Waals surface area (Å²) < 4.78 is 25.9. The second-order valence-electron chi connectivity index (χ2n) is 4.24. The van der Waals surface area contributed by atoms with E-state index in [1.807, 2.05) is 30.5 Å². The molecule has 0 amide bonds. The standard InChI is InChI=1S/C11H12N2O2.CH4O3S/c12-9(11(14)15)5-7-6-13-10-4-2-1-3-8(7)10;1-5(2,3)4/h1-4,6,9,13H,5,12H2,(H,14,15);1H3,(H,2,3,4). The molecule has 0 radical (unpaired) electrons. The highest BCUT2D eigenvalue weighted by molar-refractivity contribution is 7.85. The molecule has 110 valence electrons. The van der Waals surface area contributed by atoms with Crippen LogP contribution >= 0.6 is 0 Å². The number of para-hydroxylation sites is 1. The Bertz CT molecular complexity index is 685. The molecule has 1 heterocycles. The largest absolute Gasteiger partial charge is 0.480 e. The van der Waals surface area contributed by atoms with Crippen LogP contribution < -0.4 is 5.73 Å². The van der Waals surface area contributed by atoms with Crippen LogP contribution in [0.2, 0.25) is 0 Å². The predicted octanol–water partition coefficient (Wildman–Crippen LogP) is 0.626. The number of rotatable bonds is 3. The van der Waals surface area contributed by atoms with Gasteiger partial charge in [-0.2, -0.15) is 8.42 Å². The third kappa shape index (κ3) is 5.39. The smallest absolute Gasteiger partial charge is 0.320 e. The first-order valence-corrected chi connectivity index (χ1v) is 7.49. The SMILES string of the molecule is CS(=O)(=O)O.NC(Cc1c[nH]c2ccccc12)C(=O)O. The van der Waals surface area contributed by atoms with E-state index in [9.17, 15) is 13.2 Å². The van der Waals surface area contributed by atoms with E-state index in [0.29, 0.717) is 12.7 Å². The molecule has 0 spiro atoms. The maximum absolute atomic E-state index is 10.6. The Balaban J connectivity index is 0.000000347. The van der Waals surface area contributed by atoms with Gasteiger partial charge in [-0.25, -0.2) is 0 Å². The minimum atomic E-state index is -3.67. The fourth-order valence-electron chi connectivity index (χ4n) is 1.62. The van der Waals surface area contributed by atoms with Gasteiger partial charge in [-0.1, -0.05) is 18.2 Å². The number of nitrogens with two attached hydrogens (primary N) is 1. The second-order valence-corrected chi connectivity index (χ2v) is 5.71. The first kappa shape index (κ1) is 16.2. The van der Waals surface area contributed by atoms with Gasteiger partial charge < -0.3 is 15.8 Å². The number of aromatic nitrogens is 1. The van der Waals surface area contributed by atoms with Crippen molar-refractivity contribution in [1.82, 2.24) is 4.98 Å². The minimum absolute atomic E-state index is 0.347. The maximum atomic E-state index is 10.6. The van der Waals surface area contributed by atoms with Gasteiger partial charge in [0.1, 0.15) is 6.04 Å². The molecule has 8 heteroatoms. The maximum Gasteiger partial charge on any atom is 0.320 e. The monoisotopic (exact) mass is 300 g/mol. The van der Waals surface area contributed by atoms with E-state index < -0.39 is 22.1 Å². The van der Waals surface area contributed by atoms with Crippen molar-refractivity contribution in [2.45, 2.75) is 12.5 Å². The molecule has 2 aromatic rings. The first-order valence-electron chi connectivity index (χ1n) is 5.64. The molecule has 0 fully saturated rings. The van der Waals surface area contributed by atoms with Crippen LogP contribution in [-0.2, 0) is 21.3 Å². The summed E-state index contributed by atoms with van der Waals surface area (Å²) in [6.07, 6.45) is 2.87. The van der Waals surface area contributed by atoms with E-state index >= 15 is 0 Å². The molecule has 2 rings (SSSR count). The van der Waals surface area contributed by atoms with E-state index in [1.165, 1.54) is 0 Å². The molecular formula is C12H16N2O5S. The van der Waals surface area contributed by atoms with Gasteiger partial charge in [-0.3, -0.25) is 9.35 Å². The molecule has 20 heavy (non-hydrogen) atoms. The Labute approximate surface area is 116 Å². The summed E-state index contributed by atoms with van der Waals surface area (Å²) in [6, 6.07) is 6.91. The zero-order valence-electron chi connectivity index (χ0n) is 10.8. The lowest BCUT2D eigenvalue weighted by Crippen LogP contribution is -2.32. The number of carboxylic acid groups (broad SMARTS) is 1. The van der Waals surface area contributed by atoms with E-state index in [1.54, 1.807) is 0 Å². The Kier molecular flexibility index (Phi) is 5.26. The average molecular weight is 300 g/mol. The number of H-pyrrole nitrogens is 1. The van der Waals surface area contributed by atoms with Gasteiger partial charge in [-0.15, -0.1) is 0 Å². The summed E-state index contributed by atoms with van der Waals surface area (Å²) in [5, 5.41) is 9.75. The van der Waals surface area contributed by atoms with E-state index in [0.717, 1.165) is 16.5 Å². The van der Waals surface area contributed by atoms with Crippen molar-refractivity contribution in [2.75, 3.05) is 6.26 Å². The van der Waals surface area contributed by atoms with Crippen LogP contribution in [0.5, 0.6) is 0 Å². The zero-order valence-corrected chi connectivity index (χ0v) is 11.6. The van der Waals surface area contributed by atoms with Crippen molar-refractivity contribution in [3.63, 3.8) is 0 Å². The van der Waals surface area contributed by atoms with Gasteiger partial charge >= 0.3 is 5.97 Å². The number of carbonyl (C=O) groups is 1. The highest BCUT2D eigenvalue weighted by atomic mass is 32.2. The third-order valence-corrected chi connectivity index (χ3v) is 2.43. The van der Waals surface area contributed by atoms with Crippen LogP contribution in [-0.4, -0.2) is 41.3 Å². The normalized spacial score (nSPS) is 12.6. The Morgan fingerprint density at radius 3 is 2.50 bits per heavy atom. The number of aliphatic carboxylic acids is 1. The van der Waals surface area contributed by atoms with Crippen molar-refractivity contribution in [3.05, 3.63) is 36.0 Å². The fraction of sp³-hybridized carbons (Fsp3) is 0.250. The van der Waals surface area contributed by atoms with Crippen LogP contribution in [0.4, 0.5) is 0 Å². The van der Waals surface area contributed by atoms with Crippen LogP contribution in [0, 0.1) is 0 Å². The summed E-state index contributed by atoms with van der Waals surface area (Å²) in [6.45, 7) is 0. The quantitative estimate of drug-likeness (QED) is 0.614. The van der Waals surface area contributed by atoms with Crippen LogP contribution in [0.3, 0.4) is 0 Å². The van der Waals surface area contributed by atoms with Gasteiger partial charge in [-0.05, 0) is 11.6 Å². The molecule has 1 aromatic carbocycles. The van der Waals surface area contributed by atoms with Crippen molar-refractivity contribution in [2.24, 2.45) is 5.73 Å². The van der Waals surface area contributed by atoms with E-state index in [4.69, 9.17) is 15.4 Å². The summed E-state index contributed by atoms with van der Waals surface area (Å²) in [5.41, 5.74) is 7.43. The molecular weight excluding hydrogens is 284 g/mol. The van der Waals surface area contributed by atoms with Crippen molar-refractivity contribution >= 4 is 27.0 Å². The molecule has 1 atom stereocenters. The number of carboxylic acids is 1. The van der Waals surface area contributed by atoms with Crippen molar-refractivity contribution in [3.8, 4) is 0 Å². The van der Waals surface area contributed by atoms with Gasteiger partial charge in [0.05, 0.1) is 6.26 Å². The minimum Gasteiger partial charge on any atom is -0.480 e. The highest BCUT2D eigenvalue weighted by Gasteiger charge is 2.14. The molecule has 0 aliphatic heterocycles. The molecule has 0 saturated carbocycles. The summed E-state index contributed by atoms with van der Waals surface area (Å²) in [4.78, 5) is 13.7. The number of hydrogen-bond acceptors (Lipinski definition) is 4. The van der Waals surface area contributed by atoms with Gasteiger partial charge in [0.2, 0.25) is 0 Å². The summed E-state index contributed by atoms with van der Waals surface area (Å²) >= 11 is 0. The van der Waals surface area contributed by atoms with Gasteiger partial charge in [0.25, 0.3) is 10.1 Å². The number of fused-ring (bicyclic) bond motifs is 1. The lowest BCUT2D eigenvalue weighted by Gasteiger charge is -2.04. The van der Waals surface area contributed by atoms with Gasteiger partial charge in [0, 0.05) is 23.5 Å². The predicted molar refractivity (Wildman–Crippen MR) is 75.1 cm³/mol. The molecule has 1 unspecified atom stereocenters. The lowest BCUT2D eigenvalue weighted by molar-refractivity contribution is -0.138. The molecule has 0 aliphatic carbocycles. The van der Waals surface area contributed by atoms with Crippen LogP contribution in [0.1, 0.15) is 5.56 Å². The van der Waals surface area contributed by atoms with Gasteiger partial charge in [0.15, 0.2) is 0 Å². The topological polar surface area (TPSA) is 133 Å². The third-order valence-electron chi connectivity index (χ3n) is 2.43. The van der Waals surface area contributed by atoms with Crippen LogP contribution in [0.15, 0.2) is 30.5 Å². The zero-order chi connectivity index (χ0) is 15.3. The lowest BCUT2D eigenvalue weighted by atomic mass is 10.1. The Morgan fingerprint density at radius 2 is 1.95 bits per heavy atom. The average Bonchev–Trinajstić information content (AvgIpc) is 2.70. The van der Waals surface area contributed by atoms with E-state index in [2.05, 4.69) is 4.98 Å². The molecule has 7 nitrogen and oxygen atoms in total. The van der Waals surface area contributed by atoms with Crippen LogP contribution in [0.25, 0.3) is 10.9 Å². The number of nitrogens with one attached hydrogen (secondary N) is 1. The molecule has 0 bridgehead atoms.